The number of likely N-dealkylation sites (tertiary alicyclic amines) is 1. The Kier molecular flexibility index (Phi) is 5.19. The summed E-state index contributed by atoms with van der Waals surface area (Å²) in [7, 11) is 1.25. The third kappa shape index (κ3) is 2.86. The summed E-state index contributed by atoms with van der Waals surface area (Å²) in [4.78, 5) is 39.9. The van der Waals surface area contributed by atoms with Crippen molar-refractivity contribution >= 4 is 11.9 Å². The van der Waals surface area contributed by atoms with E-state index in [0.29, 0.717) is 5.69 Å². The summed E-state index contributed by atoms with van der Waals surface area (Å²) in [5, 5.41) is 10.0. The molecule has 1 saturated heterocycles. The van der Waals surface area contributed by atoms with Crippen molar-refractivity contribution in [2.45, 2.75) is 32.0 Å². The zero-order valence-corrected chi connectivity index (χ0v) is 16.7. The first-order valence-corrected chi connectivity index (χ1v) is 9.93. The minimum Gasteiger partial charge on any atom is -0.467 e. The Morgan fingerprint density at radius 2 is 1.93 bits per heavy atom. The summed E-state index contributed by atoms with van der Waals surface area (Å²) in [6, 6.07) is 7.90. The van der Waals surface area contributed by atoms with Crippen molar-refractivity contribution in [3.05, 3.63) is 58.3 Å². The number of carbonyl (C=O) groups excluding carboxylic acids is 2. The molecular formula is C22H23FN2O5. The highest BCUT2D eigenvalue weighted by Gasteiger charge is 2.57. The molecule has 1 fully saturated rings. The minimum absolute atomic E-state index is 0.173. The number of methoxy groups -OCH3 is 1. The smallest absolute Gasteiger partial charge is 0.328 e. The van der Waals surface area contributed by atoms with Crippen LogP contribution >= 0.6 is 0 Å². The molecule has 3 heterocycles. The maximum absolute atomic E-state index is 14.3. The zero-order chi connectivity index (χ0) is 21.6. The number of fused-ring (bicyclic) bond motifs is 3. The minimum atomic E-state index is -0.905. The van der Waals surface area contributed by atoms with Gasteiger partial charge in [0.2, 0.25) is 5.91 Å². The van der Waals surface area contributed by atoms with E-state index in [-0.39, 0.29) is 48.1 Å². The van der Waals surface area contributed by atoms with Crippen LogP contribution in [0.3, 0.4) is 0 Å². The maximum Gasteiger partial charge on any atom is 0.328 e. The molecule has 8 heteroatoms. The number of aliphatic hydroxyl groups excluding tert-OH is 1. The Balaban J connectivity index is 1.85. The van der Waals surface area contributed by atoms with Crippen molar-refractivity contribution < 1.29 is 23.8 Å². The molecule has 0 aliphatic carbocycles. The third-order valence-corrected chi connectivity index (χ3v) is 6.27. The largest absolute Gasteiger partial charge is 0.467 e. The van der Waals surface area contributed by atoms with E-state index in [1.807, 2.05) is 0 Å². The second kappa shape index (κ2) is 7.68. The summed E-state index contributed by atoms with van der Waals surface area (Å²) in [6.45, 7) is 1.60. The third-order valence-electron chi connectivity index (χ3n) is 6.27. The predicted molar refractivity (Wildman–Crippen MR) is 106 cm³/mol. The topological polar surface area (TPSA) is 88.8 Å². The number of hydrogen-bond donors (Lipinski definition) is 1. The average Bonchev–Trinajstić information content (AvgIpc) is 3.28. The van der Waals surface area contributed by atoms with E-state index in [4.69, 9.17) is 4.74 Å². The molecule has 1 aromatic carbocycles. The number of aromatic nitrogens is 1. The van der Waals surface area contributed by atoms with Gasteiger partial charge in [-0.15, -0.1) is 0 Å². The molecule has 0 spiro atoms. The summed E-state index contributed by atoms with van der Waals surface area (Å²) < 4.78 is 20.7. The van der Waals surface area contributed by atoms with Gasteiger partial charge in [0.25, 0.3) is 5.56 Å². The molecule has 0 unspecified atom stereocenters. The van der Waals surface area contributed by atoms with Crippen LogP contribution in [-0.4, -0.2) is 46.2 Å². The van der Waals surface area contributed by atoms with Gasteiger partial charge in [-0.1, -0.05) is 25.1 Å². The van der Waals surface area contributed by atoms with Crippen LogP contribution in [0, 0.1) is 17.7 Å². The summed E-state index contributed by atoms with van der Waals surface area (Å²) in [5.74, 6) is -2.21. The van der Waals surface area contributed by atoms with Crippen LogP contribution in [0.1, 0.15) is 25.1 Å². The Morgan fingerprint density at radius 3 is 2.57 bits per heavy atom. The van der Waals surface area contributed by atoms with Crippen molar-refractivity contribution in [1.82, 2.24) is 9.47 Å². The van der Waals surface area contributed by atoms with Gasteiger partial charge in [0.15, 0.2) is 0 Å². The van der Waals surface area contributed by atoms with Crippen LogP contribution < -0.4 is 5.56 Å². The fourth-order valence-electron chi connectivity index (χ4n) is 4.92. The van der Waals surface area contributed by atoms with Gasteiger partial charge in [-0.25, -0.2) is 9.18 Å². The van der Waals surface area contributed by atoms with E-state index < -0.39 is 29.8 Å². The van der Waals surface area contributed by atoms with E-state index in [0.717, 1.165) is 0 Å². The van der Waals surface area contributed by atoms with Crippen LogP contribution in [0.4, 0.5) is 4.39 Å². The van der Waals surface area contributed by atoms with Crippen LogP contribution in [0.5, 0.6) is 0 Å². The molecule has 2 aliphatic rings. The lowest BCUT2D eigenvalue weighted by Gasteiger charge is -2.29. The number of ether oxygens (including phenoxy) is 1. The number of esters is 1. The monoisotopic (exact) mass is 414 g/mol. The molecule has 0 radical (unpaired) electrons. The number of nitrogens with zero attached hydrogens (tertiary/aromatic N) is 2. The van der Waals surface area contributed by atoms with Gasteiger partial charge in [0.05, 0.1) is 18.7 Å². The molecule has 4 rings (SSSR count). The highest BCUT2D eigenvalue weighted by molar-refractivity contribution is 5.86. The number of hydrogen-bond acceptors (Lipinski definition) is 5. The highest BCUT2D eigenvalue weighted by atomic mass is 19.1. The van der Waals surface area contributed by atoms with Gasteiger partial charge < -0.3 is 19.3 Å². The van der Waals surface area contributed by atoms with Crippen LogP contribution in [0.15, 0.2) is 41.2 Å². The lowest BCUT2D eigenvalue weighted by molar-refractivity contribution is -0.154. The quantitative estimate of drug-likeness (QED) is 0.770. The number of halogens is 1. The fraction of sp³-hybridized carbons (Fsp3) is 0.409. The summed E-state index contributed by atoms with van der Waals surface area (Å²) in [6.07, 6.45) is 0.173. The van der Waals surface area contributed by atoms with E-state index in [1.54, 1.807) is 37.3 Å². The predicted octanol–water partition coefficient (Wildman–Crippen LogP) is 1.73. The summed E-state index contributed by atoms with van der Waals surface area (Å²) in [5.41, 5.74) is 0.664. The SMILES string of the molecule is CCC(=O)N1[C@@H]2c3ccc(-c4ccccc4F)c(=O)n3C[C@@H]2[C@@H](CO)[C@@H]1C(=O)OC. The number of carbonyl (C=O) groups is 2. The van der Waals surface area contributed by atoms with Gasteiger partial charge in [-0.2, -0.15) is 0 Å². The van der Waals surface area contributed by atoms with Crippen molar-refractivity contribution in [2.24, 2.45) is 11.8 Å². The van der Waals surface area contributed by atoms with E-state index >= 15 is 0 Å². The molecule has 1 aromatic heterocycles. The zero-order valence-electron chi connectivity index (χ0n) is 16.7. The van der Waals surface area contributed by atoms with Crippen LogP contribution in [0.2, 0.25) is 0 Å². The highest BCUT2D eigenvalue weighted by Crippen LogP contribution is 2.49. The molecule has 30 heavy (non-hydrogen) atoms. The number of benzene rings is 1. The van der Waals surface area contributed by atoms with E-state index in [1.165, 1.54) is 22.6 Å². The van der Waals surface area contributed by atoms with Crippen molar-refractivity contribution in [3.8, 4) is 11.1 Å². The lowest BCUT2D eigenvalue weighted by atomic mass is 9.88. The number of amides is 1. The normalized spacial score (nSPS) is 24.5. The first-order valence-electron chi connectivity index (χ1n) is 9.93. The Labute approximate surface area is 172 Å². The number of aliphatic hydroxyl groups is 1. The summed E-state index contributed by atoms with van der Waals surface area (Å²) >= 11 is 0. The second-order valence-corrected chi connectivity index (χ2v) is 7.65. The molecule has 2 aliphatic heterocycles. The molecule has 1 amide bonds. The van der Waals surface area contributed by atoms with Gasteiger partial charge >= 0.3 is 5.97 Å². The fourth-order valence-corrected chi connectivity index (χ4v) is 4.92. The molecule has 0 bridgehead atoms. The van der Waals surface area contributed by atoms with Gasteiger partial charge in [-0.3, -0.25) is 9.59 Å². The average molecular weight is 414 g/mol. The maximum atomic E-state index is 14.3. The Bertz CT molecular complexity index is 1070. The van der Waals surface area contributed by atoms with E-state index in [2.05, 4.69) is 0 Å². The Morgan fingerprint density at radius 1 is 1.20 bits per heavy atom. The standard InChI is InChI=1S/C22H23FN2O5/c1-3-18(27)25-19-14(15(11-26)20(25)22(29)30-2)10-24-17(19)9-8-13(21(24)28)12-6-4-5-7-16(12)23/h4-9,14-15,19-20,26H,3,10-11H2,1-2H3/t14-,15-,19+,20-/m1/s1. The molecular weight excluding hydrogens is 391 g/mol. The molecule has 1 N–H and O–H groups in total. The van der Waals surface area contributed by atoms with Gasteiger partial charge in [0, 0.05) is 42.7 Å². The number of rotatable bonds is 4. The molecule has 2 aromatic rings. The molecule has 0 saturated carbocycles. The molecule has 158 valence electrons. The van der Waals surface area contributed by atoms with Crippen molar-refractivity contribution in [1.29, 1.82) is 0 Å². The van der Waals surface area contributed by atoms with E-state index in [9.17, 15) is 23.9 Å². The van der Waals surface area contributed by atoms with Crippen molar-refractivity contribution in [3.63, 3.8) is 0 Å². The van der Waals surface area contributed by atoms with Crippen LogP contribution in [0.25, 0.3) is 11.1 Å². The van der Waals surface area contributed by atoms with Crippen LogP contribution in [-0.2, 0) is 20.9 Å². The molecule has 7 nitrogen and oxygen atoms in total. The van der Waals surface area contributed by atoms with Gasteiger partial charge in [0.1, 0.15) is 11.9 Å². The first-order chi connectivity index (χ1) is 14.4. The Hall–Kier alpha value is -3.00. The first kappa shape index (κ1) is 20.3. The lowest BCUT2D eigenvalue weighted by Crippen LogP contribution is -2.46. The second-order valence-electron chi connectivity index (χ2n) is 7.65. The number of pyridine rings is 1. The van der Waals surface area contributed by atoms with Crippen molar-refractivity contribution in [2.75, 3.05) is 13.7 Å². The molecule has 4 atom stereocenters. The van der Waals surface area contributed by atoms with Gasteiger partial charge in [-0.05, 0) is 18.2 Å².